The van der Waals surface area contributed by atoms with Crippen molar-refractivity contribution < 1.29 is 9.32 Å². The molecule has 0 saturated heterocycles. The van der Waals surface area contributed by atoms with Gasteiger partial charge < -0.3 is 9.84 Å². The summed E-state index contributed by atoms with van der Waals surface area (Å²) in [5, 5.41) is 10.1. The van der Waals surface area contributed by atoms with Crippen molar-refractivity contribution in [3.63, 3.8) is 0 Å². The number of amides is 1. The highest BCUT2D eigenvalue weighted by Crippen LogP contribution is 2.25. The van der Waals surface area contributed by atoms with E-state index in [1.165, 1.54) is 0 Å². The Bertz CT molecular complexity index is 572. The predicted octanol–water partition coefficient (Wildman–Crippen LogP) is 2.84. The van der Waals surface area contributed by atoms with Crippen molar-refractivity contribution >= 4 is 39.2 Å². The first-order chi connectivity index (χ1) is 8.38. The molecule has 2 heterocycles. The van der Waals surface area contributed by atoms with E-state index in [2.05, 4.69) is 36.0 Å². The SMILES string of the molecule is CC(C)(C)c1cc(NC(=O)c2nnsc2Br)no1. The van der Waals surface area contributed by atoms with Gasteiger partial charge in [0.25, 0.3) is 5.91 Å². The van der Waals surface area contributed by atoms with Gasteiger partial charge in [-0.2, -0.15) is 0 Å². The average Bonchev–Trinajstić information content (AvgIpc) is 2.85. The van der Waals surface area contributed by atoms with Crippen LogP contribution in [0.4, 0.5) is 5.82 Å². The molecule has 0 unspecified atom stereocenters. The number of aromatic nitrogens is 3. The van der Waals surface area contributed by atoms with Gasteiger partial charge in [-0.15, -0.1) is 5.10 Å². The molecule has 0 spiro atoms. The molecule has 2 aromatic heterocycles. The second kappa shape index (κ2) is 4.77. The average molecular weight is 331 g/mol. The largest absolute Gasteiger partial charge is 0.359 e. The third-order valence-corrected chi connectivity index (χ3v) is 3.48. The van der Waals surface area contributed by atoms with E-state index in [1.54, 1.807) is 6.07 Å². The van der Waals surface area contributed by atoms with Gasteiger partial charge in [0.15, 0.2) is 11.5 Å². The summed E-state index contributed by atoms with van der Waals surface area (Å²) in [7, 11) is 0. The Hall–Kier alpha value is -1.28. The van der Waals surface area contributed by atoms with Crippen LogP contribution in [0.3, 0.4) is 0 Å². The van der Waals surface area contributed by atoms with Crippen LogP contribution in [0.1, 0.15) is 37.0 Å². The van der Waals surface area contributed by atoms with Gasteiger partial charge in [0, 0.05) is 11.5 Å². The summed E-state index contributed by atoms with van der Waals surface area (Å²) >= 11 is 4.31. The van der Waals surface area contributed by atoms with Crippen molar-refractivity contribution in [2.75, 3.05) is 5.32 Å². The number of carbonyl (C=O) groups excluding carboxylic acids is 1. The van der Waals surface area contributed by atoms with E-state index in [4.69, 9.17) is 4.52 Å². The molecular weight excluding hydrogens is 320 g/mol. The van der Waals surface area contributed by atoms with Crippen LogP contribution >= 0.6 is 27.5 Å². The molecule has 6 nitrogen and oxygen atoms in total. The van der Waals surface area contributed by atoms with Crippen molar-refractivity contribution in [1.82, 2.24) is 14.7 Å². The summed E-state index contributed by atoms with van der Waals surface area (Å²) in [5.74, 6) is 0.697. The highest BCUT2D eigenvalue weighted by molar-refractivity contribution is 9.11. The zero-order valence-electron chi connectivity index (χ0n) is 10.0. The van der Waals surface area contributed by atoms with Gasteiger partial charge >= 0.3 is 0 Å². The lowest BCUT2D eigenvalue weighted by atomic mass is 9.93. The van der Waals surface area contributed by atoms with Crippen LogP contribution < -0.4 is 5.32 Å². The molecule has 0 saturated carbocycles. The fourth-order valence-corrected chi connectivity index (χ4v) is 2.05. The number of anilines is 1. The highest BCUT2D eigenvalue weighted by Gasteiger charge is 2.21. The van der Waals surface area contributed by atoms with Crippen LogP contribution in [0.15, 0.2) is 14.4 Å². The van der Waals surface area contributed by atoms with Gasteiger partial charge in [0.2, 0.25) is 0 Å². The number of nitrogens with zero attached hydrogens (tertiary/aromatic N) is 3. The second-order valence-electron chi connectivity index (χ2n) is 4.68. The Morgan fingerprint density at radius 3 is 2.72 bits per heavy atom. The quantitative estimate of drug-likeness (QED) is 0.915. The fraction of sp³-hybridized carbons (Fsp3) is 0.400. The van der Waals surface area contributed by atoms with E-state index in [0.717, 1.165) is 11.5 Å². The van der Waals surface area contributed by atoms with Gasteiger partial charge in [-0.25, -0.2) is 0 Å². The first kappa shape index (κ1) is 13.2. The Morgan fingerprint density at radius 2 is 2.22 bits per heavy atom. The number of carbonyl (C=O) groups is 1. The standard InChI is InChI=1S/C10H11BrN4O2S/c1-10(2,3)5-4-6(14-17-5)12-9(16)7-8(11)18-15-13-7/h4H,1-3H3,(H,12,14,16). The van der Waals surface area contributed by atoms with Crippen LogP contribution in [0, 0.1) is 0 Å². The van der Waals surface area contributed by atoms with Crippen molar-refractivity contribution in [3.05, 3.63) is 21.3 Å². The molecule has 0 aromatic carbocycles. The molecule has 0 radical (unpaired) electrons. The number of rotatable bonds is 2. The van der Waals surface area contributed by atoms with E-state index in [0.29, 0.717) is 15.4 Å². The Balaban J connectivity index is 2.13. The first-order valence-corrected chi connectivity index (χ1v) is 6.71. The molecule has 1 amide bonds. The van der Waals surface area contributed by atoms with Crippen LogP contribution in [0.5, 0.6) is 0 Å². The summed E-state index contributed by atoms with van der Waals surface area (Å²) < 4.78 is 9.42. The molecule has 0 bridgehead atoms. The van der Waals surface area contributed by atoms with Gasteiger partial charge in [-0.1, -0.05) is 30.4 Å². The molecular formula is C10H11BrN4O2S. The summed E-state index contributed by atoms with van der Waals surface area (Å²) in [5.41, 5.74) is 0.0824. The molecule has 2 aromatic rings. The number of hydrogen-bond donors (Lipinski definition) is 1. The lowest BCUT2D eigenvalue weighted by Gasteiger charge is -2.11. The molecule has 8 heteroatoms. The molecule has 2 rings (SSSR count). The number of nitrogens with one attached hydrogen (secondary N) is 1. The van der Waals surface area contributed by atoms with Crippen molar-refractivity contribution in [2.24, 2.45) is 0 Å². The maximum atomic E-state index is 11.8. The minimum absolute atomic E-state index is 0.154. The minimum atomic E-state index is -0.371. The molecule has 0 aliphatic rings. The molecule has 0 fully saturated rings. The third-order valence-electron chi connectivity index (χ3n) is 2.15. The maximum Gasteiger partial charge on any atom is 0.279 e. The van der Waals surface area contributed by atoms with Gasteiger partial charge in [-0.3, -0.25) is 4.79 Å². The molecule has 1 N–H and O–H groups in total. The van der Waals surface area contributed by atoms with Crippen molar-refractivity contribution in [2.45, 2.75) is 26.2 Å². The Labute approximate surface area is 116 Å². The molecule has 0 aliphatic carbocycles. The monoisotopic (exact) mass is 330 g/mol. The Morgan fingerprint density at radius 1 is 1.50 bits per heavy atom. The van der Waals surface area contributed by atoms with E-state index < -0.39 is 0 Å². The van der Waals surface area contributed by atoms with Crippen LogP contribution in [0.2, 0.25) is 0 Å². The van der Waals surface area contributed by atoms with Gasteiger partial charge in [0.05, 0.1) is 0 Å². The lowest BCUT2D eigenvalue weighted by molar-refractivity contribution is 0.102. The zero-order valence-corrected chi connectivity index (χ0v) is 12.4. The van der Waals surface area contributed by atoms with Crippen LogP contribution in [-0.2, 0) is 5.41 Å². The normalized spacial score (nSPS) is 11.6. The second-order valence-corrected chi connectivity index (χ2v) is 6.75. The predicted molar refractivity (Wildman–Crippen MR) is 70.8 cm³/mol. The fourth-order valence-electron chi connectivity index (χ4n) is 1.18. The zero-order chi connectivity index (χ0) is 13.3. The van der Waals surface area contributed by atoms with E-state index in [9.17, 15) is 4.79 Å². The van der Waals surface area contributed by atoms with Gasteiger partial charge in [0.1, 0.15) is 9.55 Å². The van der Waals surface area contributed by atoms with E-state index >= 15 is 0 Å². The summed E-state index contributed by atoms with van der Waals surface area (Å²) in [6.45, 7) is 6.00. The van der Waals surface area contributed by atoms with E-state index in [1.807, 2.05) is 20.8 Å². The molecule has 0 aliphatic heterocycles. The topological polar surface area (TPSA) is 80.9 Å². The lowest BCUT2D eigenvalue weighted by Crippen LogP contribution is -2.13. The van der Waals surface area contributed by atoms with Crippen LogP contribution in [-0.4, -0.2) is 20.7 Å². The first-order valence-electron chi connectivity index (χ1n) is 5.14. The van der Waals surface area contributed by atoms with Gasteiger partial charge in [-0.05, 0) is 27.5 Å². The summed E-state index contributed by atoms with van der Waals surface area (Å²) in [6, 6.07) is 1.70. The summed E-state index contributed by atoms with van der Waals surface area (Å²) in [4.78, 5) is 11.8. The molecule has 96 valence electrons. The number of hydrogen-bond acceptors (Lipinski definition) is 6. The summed E-state index contributed by atoms with van der Waals surface area (Å²) in [6.07, 6.45) is 0. The molecule has 0 atom stereocenters. The highest BCUT2D eigenvalue weighted by atomic mass is 79.9. The smallest absolute Gasteiger partial charge is 0.279 e. The Kier molecular flexibility index (Phi) is 3.49. The minimum Gasteiger partial charge on any atom is -0.359 e. The van der Waals surface area contributed by atoms with Crippen molar-refractivity contribution in [3.8, 4) is 0 Å². The van der Waals surface area contributed by atoms with E-state index in [-0.39, 0.29) is 17.0 Å². The maximum absolute atomic E-state index is 11.8. The number of halogens is 1. The van der Waals surface area contributed by atoms with Crippen molar-refractivity contribution in [1.29, 1.82) is 0 Å². The molecule has 18 heavy (non-hydrogen) atoms. The third kappa shape index (κ3) is 2.75. The van der Waals surface area contributed by atoms with Crippen LogP contribution in [0.25, 0.3) is 0 Å².